The van der Waals surface area contributed by atoms with Crippen LogP contribution in [0.3, 0.4) is 0 Å². The SMILES string of the molecule is O=C(Nc1ccc(-c2cc3ccccc3o2)cc1)c1ccc(S(=O)(=O)N2CCOCC2)cc1. The zero-order chi connectivity index (χ0) is 22.8. The van der Waals surface area contributed by atoms with Crippen LogP contribution in [0, 0.1) is 0 Å². The largest absolute Gasteiger partial charge is 0.456 e. The Hall–Kier alpha value is -3.46. The van der Waals surface area contributed by atoms with Crippen LogP contribution in [0.4, 0.5) is 5.69 Å². The van der Waals surface area contributed by atoms with Gasteiger partial charge in [-0.2, -0.15) is 4.31 Å². The van der Waals surface area contributed by atoms with Crippen molar-refractivity contribution in [3.63, 3.8) is 0 Å². The van der Waals surface area contributed by atoms with E-state index in [0.717, 1.165) is 22.3 Å². The number of nitrogens with zero attached hydrogens (tertiary/aromatic N) is 1. The second-order valence-electron chi connectivity index (χ2n) is 7.72. The van der Waals surface area contributed by atoms with Gasteiger partial charge in [-0.25, -0.2) is 8.42 Å². The maximum absolute atomic E-state index is 12.7. The molecule has 3 aromatic carbocycles. The second kappa shape index (κ2) is 8.82. The summed E-state index contributed by atoms with van der Waals surface area (Å²) in [5.41, 5.74) is 2.73. The molecule has 1 saturated heterocycles. The van der Waals surface area contributed by atoms with E-state index in [1.54, 1.807) is 12.1 Å². The number of carbonyl (C=O) groups is 1. The average molecular weight is 463 g/mol. The highest BCUT2D eigenvalue weighted by Gasteiger charge is 2.26. The number of carbonyl (C=O) groups excluding carboxylic acids is 1. The molecule has 1 N–H and O–H groups in total. The van der Waals surface area contributed by atoms with Crippen LogP contribution in [0.1, 0.15) is 10.4 Å². The minimum Gasteiger partial charge on any atom is -0.456 e. The number of benzene rings is 3. The number of fused-ring (bicyclic) bond motifs is 1. The Morgan fingerprint density at radius 1 is 0.879 bits per heavy atom. The van der Waals surface area contributed by atoms with Crippen LogP contribution < -0.4 is 5.32 Å². The van der Waals surface area contributed by atoms with Gasteiger partial charge in [0, 0.05) is 35.3 Å². The van der Waals surface area contributed by atoms with Crippen molar-refractivity contribution in [2.24, 2.45) is 0 Å². The fourth-order valence-corrected chi connectivity index (χ4v) is 5.17. The van der Waals surface area contributed by atoms with Crippen LogP contribution in [0.2, 0.25) is 0 Å². The molecule has 1 aliphatic rings. The molecule has 1 amide bonds. The second-order valence-corrected chi connectivity index (χ2v) is 9.66. The Kier molecular flexibility index (Phi) is 5.72. The molecule has 0 radical (unpaired) electrons. The van der Waals surface area contributed by atoms with E-state index >= 15 is 0 Å². The number of ether oxygens (including phenoxy) is 1. The topological polar surface area (TPSA) is 88.8 Å². The van der Waals surface area contributed by atoms with E-state index < -0.39 is 10.0 Å². The number of anilines is 1. The van der Waals surface area contributed by atoms with Gasteiger partial charge in [0.1, 0.15) is 11.3 Å². The molecule has 0 aliphatic carbocycles. The molecule has 1 aliphatic heterocycles. The van der Waals surface area contributed by atoms with E-state index in [1.807, 2.05) is 42.5 Å². The number of nitrogens with one attached hydrogen (secondary N) is 1. The monoisotopic (exact) mass is 462 g/mol. The number of morpholine rings is 1. The van der Waals surface area contributed by atoms with Crippen LogP contribution in [-0.4, -0.2) is 44.9 Å². The highest BCUT2D eigenvalue weighted by atomic mass is 32.2. The van der Waals surface area contributed by atoms with Crippen molar-refractivity contribution >= 4 is 32.6 Å². The third kappa shape index (κ3) is 4.41. The standard InChI is InChI=1S/C25H22N2O5S/c28-25(19-7-11-22(12-8-19)33(29,30)27-13-15-31-16-14-27)26-21-9-5-18(6-10-21)24-17-20-3-1-2-4-23(20)32-24/h1-12,17H,13-16H2,(H,26,28). The Balaban J connectivity index is 1.27. The third-order valence-electron chi connectivity index (χ3n) is 5.58. The van der Waals surface area contributed by atoms with Crippen molar-refractivity contribution in [2.75, 3.05) is 31.6 Å². The van der Waals surface area contributed by atoms with Crippen LogP contribution in [-0.2, 0) is 14.8 Å². The fourth-order valence-electron chi connectivity index (χ4n) is 3.76. The van der Waals surface area contributed by atoms with Crippen molar-refractivity contribution in [3.05, 3.63) is 84.4 Å². The zero-order valence-corrected chi connectivity index (χ0v) is 18.5. The Bertz CT molecular complexity index is 1350. The van der Waals surface area contributed by atoms with Gasteiger partial charge < -0.3 is 14.5 Å². The van der Waals surface area contributed by atoms with E-state index in [0.29, 0.717) is 37.6 Å². The first-order chi connectivity index (χ1) is 16.0. The van der Waals surface area contributed by atoms with E-state index in [9.17, 15) is 13.2 Å². The van der Waals surface area contributed by atoms with Crippen molar-refractivity contribution < 1.29 is 22.4 Å². The summed E-state index contributed by atoms with van der Waals surface area (Å²) in [4.78, 5) is 12.8. The summed E-state index contributed by atoms with van der Waals surface area (Å²) in [5, 5.41) is 3.87. The number of sulfonamides is 1. The molecule has 2 heterocycles. The summed E-state index contributed by atoms with van der Waals surface area (Å²) in [6.45, 7) is 1.42. The lowest BCUT2D eigenvalue weighted by Gasteiger charge is -2.26. The number of amides is 1. The summed E-state index contributed by atoms with van der Waals surface area (Å²) >= 11 is 0. The van der Waals surface area contributed by atoms with Gasteiger partial charge in [0.25, 0.3) is 5.91 Å². The summed E-state index contributed by atoms with van der Waals surface area (Å²) < 4.78 is 38.0. The van der Waals surface area contributed by atoms with Gasteiger partial charge in [0.05, 0.1) is 18.1 Å². The number of furan rings is 1. The quantitative estimate of drug-likeness (QED) is 0.476. The molecule has 0 bridgehead atoms. The van der Waals surface area contributed by atoms with Gasteiger partial charge in [-0.1, -0.05) is 18.2 Å². The first-order valence-electron chi connectivity index (χ1n) is 10.6. The summed E-state index contributed by atoms with van der Waals surface area (Å²) in [5.74, 6) is 0.438. The number of rotatable bonds is 5. The molecular weight excluding hydrogens is 440 g/mol. The van der Waals surface area contributed by atoms with E-state index in [1.165, 1.54) is 28.6 Å². The molecule has 4 aromatic rings. The predicted octanol–water partition coefficient (Wildman–Crippen LogP) is 4.37. The lowest BCUT2D eigenvalue weighted by molar-refractivity contribution is 0.0730. The highest BCUT2D eigenvalue weighted by Crippen LogP contribution is 2.28. The number of hydrogen-bond acceptors (Lipinski definition) is 5. The molecule has 1 aromatic heterocycles. The Labute approximate surface area is 191 Å². The van der Waals surface area contributed by atoms with Gasteiger partial charge in [-0.15, -0.1) is 0 Å². The molecular formula is C25H22N2O5S. The lowest BCUT2D eigenvalue weighted by atomic mass is 10.1. The minimum absolute atomic E-state index is 0.163. The number of para-hydroxylation sites is 1. The highest BCUT2D eigenvalue weighted by molar-refractivity contribution is 7.89. The van der Waals surface area contributed by atoms with E-state index in [-0.39, 0.29) is 10.8 Å². The van der Waals surface area contributed by atoms with Crippen molar-refractivity contribution in [2.45, 2.75) is 4.90 Å². The van der Waals surface area contributed by atoms with Crippen molar-refractivity contribution in [3.8, 4) is 11.3 Å². The molecule has 33 heavy (non-hydrogen) atoms. The van der Waals surface area contributed by atoms with Crippen LogP contribution >= 0.6 is 0 Å². The Morgan fingerprint density at radius 3 is 2.27 bits per heavy atom. The zero-order valence-electron chi connectivity index (χ0n) is 17.7. The van der Waals surface area contributed by atoms with Gasteiger partial charge in [-0.05, 0) is 60.7 Å². The molecule has 1 fully saturated rings. The first kappa shape index (κ1) is 21.4. The average Bonchev–Trinajstić information content (AvgIpc) is 3.29. The van der Waals surface area contributed by atoms with Crippen LogP contribution in [0.5, 0.6) is 0 Å². The molecule has 0 atom stereocenters. The minimum atomic E-state index is -3.59. The molecule has 0 saturated carbocycles. The number of hydrogen-bond donors (Lipinski definition) is 1. The van der Waals surface area contributed by atoms with Gasteiger partial charge in [0.15, 0.2) is 0 Å². The smallest absolute Gasteiger partial charge is 0.255 e. The molecule has 0 spiro atoms. The molecule has 0 unspecified atom stereocenters. The summed E-state index contributed by atoms with van der Waals surface area (Å²) in [6.07, 6.45) is 0. The van der Waals surface area contributed by atoms with Gasteiger partial charge in [-0.3, -0.25) is 4.79 Å². The molecule has 7 nitrogen and oxygen atoms in total. The van der Waals surface area contributed by atoms with Crippen molar-refractivity contribution in [1.82, 2.24) is 4.31 Å². The summed E-state index contributed by atoms with van der Waals surface area (Å²) in [7, 11) is -3.59. The normalized spacial score (nSPS) is 14.9. The van der Waals surface area contributed by atoms with Crippen molar-refractivity contribution in [1.29, 1.82) is 0 Å². The first-order valence-corrected chi connectivity index (χ1v) is 12.0. The lowest BCUT2D eigenvalue weighted by Crippen LogP contribution is -2.40. The third-order valence-corrected chi connectivity index (χ3v) is 7.49. The summed E-state index contributed by atoms with van der Waals surface area (Å²) in [6, 6.07) is 23.1. The van der Waals surface area contributed by atoms with Gasteiger partial charge >= 0.3 is 0 Å². The molecule has 168 valence electrons. The predicted molar refractivity (Wildman–Crippen MR) is 126 cm³/mol. The maximum atomic E-state index is 12.7. The van der Waals surface area contributed by atoms with E-state index in [4.69, 9.17) is 9.15 Å². The van der Waals surface area contributed by atoms with Gasteiger partial charge in [0.2, 0.25) is 10.0 Å². The van der Waals surface area contributed by atoms with E-state index in [2.05, 4.69) is 5.32 Å². The fraction of sp³-hybridized carbons (Fsp3) is 0.160. The van der Waals surface area contributed by atoms with Crippen LogP contribution in [0.15, 0.2) is 88.2 Å². The molecule has 5 rings (SSSR count). The van der Waals surface area contributed by atoms with Crippen LogP contribution in [0.25, 0.3) is 22.3 Å². The Morgan fingerprint density at radius 2 is 1.58 bits per heavy atom. The molecule has 8 heteroatoms. The maximum Gasteiger partial charge on any atom is 0.255 e.